The normalized spacial score (nSPS) is 9.76. The molecule has 0 aliphatic carbocycles. The minimum Gasteiger partial charge on any atom is -0.379 e. The lowest BCUT2D eigenvalue weighted by Gasteiger charge is -2.09. The number of anilines is 1. The molecule has 0 saturated carbocycles. The Kier molecular flexibility index (Phi) is 4.32. The number of hydrogen-bond acceptors (Lipinski definition) is 1. The molecule has 1 aromatic carbocycles. The second kappa shape index (κ2) is 5.53. The van der Waals surface area contributed by atoms with Crippen LogP contribution in [0, 0.1) is 40.9 Å². The highest BCUT2D eigenvalue weighted by Gasteiger charge is 2.25. The van der Waals surface area contributed by atoms with Crippen molar-refractivity contribution in [2.45, 2.75) is 13.3 Å². The van der Waals surface area contributed by atoms with Crippen molar-refractivity contribution in [2.75, 3.05) is 11.9 Å². The van der Waals surface area contributed by atoms with E-state index in [4.69, 9.17) is 0 Å². The first-order chi connectivity index (χ1) is 8.00. The molecule has 17 heavy (non-hydrogen) atoms. The van der Waals surface area contributed by atoms with Gasteiger partial charge in [-0.15, -0.1) is 11.8 Å². The maximum atomic E-state index is 13.1. The molecule has 0 saturated heterocycles. The van der Waals surface area contributed by atoms with E-state index in [1.54, 1.807) is 6.92 Å². The summed E-state index contributed by atoms with van der Waals surface area (Å²) in [6, 6.07) is 0. The van der Waals surface area contributed by atoms with Crippen LogP contribution in [-0.4, -0.2) is 6.54 Å². The maximum absolute atomic E-state index is 13.1. The third-order valence-corrected chi connectivity index (χ3v) is 1.94. The van der Waals surface area contributed by atoms with Crippen molar-refractivity contribution < 1.29 is 22.0 Å². The van der Waals surface area contributed by atoms with Crippen LogP contribution in [0.25, 0.3) is 0 Å². The zero-order valence-electron chi connectivity index (χ0n) is 8.80. The van der Waals surface area contributed by atoms with Crippen molar-refractivity contribution in [3.63, 3.8) is 0 Å². The fourth-order valence-electron chi connectivity index (χ4n) is 1.14. The predicted molar refractivity (Wildman–Crippen MR) is 52.8 cm³/mol. The van der Waals surface area contributed by atoms with Gasteiger partial charge in [-0.25, -0.2) is 22.0 Å². The summed E-state index contributed by atoms with van der Waals surface area (Å²) in [6.07, 6.45) is 0.232. The van der Waals surface area contributed by atoms with Crippen molar-refractivity contribution in [3.8, 4) is 11.8 Å². The third-order valence-electron chi connectivity index (χ3n) is 1.94. The average Bonchev–Trinajstić information content (AvgIpc) is 2.33. The predicted octanol–water partition coefficient (Wildman–Crippen LogP) is 3.21. The molecular weight excluding hydrogens is 241 g/mol. The molecule has 0 bridgehead atoms. The summed E-state index contributed by atoms with van der Waals surface area (Å²) in [7, 11) is 0. The van der Waals surface area contributed by atoms with Crippen LogP contribution < -0.4 is 5.32 Å². The number of halogens is 5. The lowest BCUT2D eigenvalue weighted by Crippen LogP contribution is -2.10. The summed E-state index contributed by atoms with van der Waals surface area (Å²) < 4.78 is 64.3. The highest BCUT2D eigenvalue weighted by Crippen LogP contribution is 2.26. The van der Waals surface area contributed by atoms with E-state index in [0.717, 1.165) is 0 Å². The molecule has 0 aliphatic heterocycles. The van der Waals surface area contributed by atoms with Crippen LogP contribution in [0.15, 0.2) is 0 Å². The van der Waals surface area contributed by atoms with Gasteiger partial charge in [0, 0.05) is 13.0 Å². The van der Waals surface area contributed by atoms with Crippen LogP contribution in [0.1, 0.15) is 13.3 Å². The Morgan fingerprint density at radius 2 is 1.35 bits per heavy atom. The molecule has 0 spiro atoms. The number of rotatable bonds is 3. The summed E-state index contributed by atoms with van der Waals surface area (Å²) >= 11 is 0. The zero-order chi connectivity index (χ0) is 13.0. The van der Waals surface area contributed by atoms with E-state index >= 15 is 0 Å². The van der Waals surface area contributed by atoms with Crippen molar-refractivity contribution >= 4 is 5.69 Å². The maximum Gasteiger partial charge on any atom is 0.200 e. The van der Waals surface area contributed by atoms with Gasteiger partial charge in [0.25, 0.3) is 0 Å². The van der Waals surface area contributed by atoms with Gasteiger partial charge < -0.3 is 5.32 Å². The Balaban J connectivity index is 3.02. The Labute approximate surface area is 94.6 Å². The van der Waals surface area contributed by atoms with Crippen LogP contribution in [0.4, 0.5) is 27.6 Å². The molecule has 0 radical (unpaired) electrons. The Bertz CT molecular complexity index is 458. The van der Waals surface area contributed by atoms with Crippen LogP contribution >= 0.6 is 0 Å². The van der Waals surface area contributed by atoms with Gasteiger partial charge >= 0.3 is 0 Å². The molecule has 1 aromatic rings. The monoisotopic (exact) mass is 249 g/mol. The quantitative estimate of drug-likeness (QED) is 0.285. The van der Waals surface area contributed by atoms with Crippen molar-refractivity contribution in [2.24, 2.45) is 0 Å². The molecule has 1 rings (SSSR count). The first-order valence-corrected chi connectivity index (χ1v) is 4.65. The minimum absolute atomic E-state index is 0.0147. The molecule has 0 fully saturated rings. The first-order valence-electron chi connectivity index (χ1n) is 4.65. The van der Waals surface area contributed by atoms with E-state index < -0.39 is 34.8 Å². The molecule has 0 heterocycles. The molecule has 0 atom stereocenters. The molecule has 0 unspecified atom stereocenters. The van der Waals surface area contributed by atoms with Gasteiger partial charge in [-0.3, -0.25) is 0 Å². The Hall–Kier alpha value is -1.77. The highest BCUT2D eigenvalue weighted by atomic mass is 19.2. The summed E-state index contributed by atoms with van der Waals surface area (Å²) in [4.78, 5) is 0. The summed E-state index contributed by atoms with van der Waals surface area (Å²) in [5, 5.41) is 2.13. The second-order valence-corrected chi connectivity index (χ2v) is 3.05. The Morgan fingerprint density at radius 3 is 1.82 bits per heavy atom. The van der Waals surface area contributed by atoms with E-state index in [0.29, 0.717) is 0 Å². The van der Waals surface area contributed by atoms with E-state index in [1.807, 2.05) is 0 Å². The molecule has 0 amide bonds. The Morgan fingerprint density at radius 1 is 0.882 bits per heavy atom. The van der Waals surface area contributed by atoms with E-state index in [-0.39, 0.29) is 13.0 Å². The number of nitrogens with one attached hydrogen (secondary N) is 1. The number of hydrogen-bond donors (Lipinski definition) is 1. The standard InChI is InChI=1S/C11H8F5N/c1-2-3-4-5-17-11-9(15)7(13)6(12)8(14)10(11)16/h17H,4-5H2,1H3. The molecule has 92 valence electrons. The number of benzene rings is 1. The summed E-state index contributed by atoms with van der Waals surface area (Å²) in [6.45, 7) is 1.55. The second-order valence-electron chi connectivity index (χ2n) is 3.05. The molecule has 0 aliphatic rings. The van der Waals surface area contributed by atoms with Gasteiger partial charge in [0.1, 0.15) is 5.69 Å². The lowest BCUT2D eigenvalue weighted by atomic mass is 10.2. The molecule has 1 nitrogen and oxygen atoms in total. The molecule has 1 N–H and O–H groups in total. The minimum atomic E-state index is -2.17. The van der Waals surface area contributed by atoms with Crippen molar-refractivity contribution in [3.05, 3.63) is 29.1 Å². The molecule has 0 aromatic heterocycles. The van der Waals surface area contributed by atoms with Gasteiger partial charge in [0.15, 0.2) is 23.3 Å². The molecular formula is C11H8F5N. The van der Waals surface area contributed by atoms with Gasteiger partial charge in [-0.05, 0) is 6.92 Å². The van der Waals surface area contributed by atoms with E-state index in [2.05, 4.69) is 17.2 Å². The van der Waals surface area contributed by atoms with Gasteiger partial charge in [-0.2, -0.15) is 0 Å². The van der Waals surface area contributed by atoms with E-state index in [1.165, 1.54) is 0 Å². The van der Waals surface area contributed by atoms with Crippen LogP contribution in [0.5, 0.6) is 0 Å². The summed E-state index contributed by atoms with van der Waals surface area (Å²) in [5.74, 6) is -4.73. The van der Waals surface area contributed by atoms with Crippen LogP contribution in [0.2, 0.25) is 0 Å². The average molecular weight is 249 g/mol. The fraction of sp³-hybridized carbons (Fsp3) is 0.273. The van der Waals surface area contributed by atoms with E-state index in [9.17, 15) is 22.0 Å². The van der Waals surface area contributed by atoms with Crippen molar-refractivity contribution in [1.82, 2.24) is 0 Å². The van der Waals surface area contributed by atoms with Crippen LogP contribution in [-0.2, 0) is 0 Å². The van der Waals surface area contributed by atoms with Crippen molar-refractivity contribution in [1.29, 1.82) is 0 Å². The van der Waals surface area contributed by atoms with Crippen LogP contribution in [0.3, 0.4) is 0 Å². The fourth-order valence-corrected chi connectivity index (χ4v) is 1.14. The highest BCUT2D eigenvalue weighted by molar-refractivity contribution is 5.47. The zero-order valence-corrected chi connectivity index (χ0v) is 8.80. The smallest absolute Gasteiger partial charge is 0.200 e. The SMILES string of the molecule is CC#CCCNc1c(F)c(F)c(F)c(F)c1F. The van der Waals surface area contributed by atoms with Gasteiger partial charge in [0.05, 0.1) is 0 Å². The van der Waals surface area contributed by atoms with Gasteiger partial charge in [-0.1, -0.05) is 0 Å². The lowest BCUT2D eigenvalue weighted by molar-refractivity contribution is 0.381. The topological polar surface area (TPSA) is 12.0 Å². The first kappa shape index (κ1) is 13.3. The van der Waals surface area contributed by atoms with Gasteiger partial charge in [0.2, 0.25) is 5.82 Å². The summed E-state index contributed by atoms with van der Waals surface area (Å²) in [5.41, 5.74) is -1.03. The molecule has 6 heteroatoms. The largest absolute Gasteiger partial charge is 0.379 e. The third kappa shape index (κ3) is 2.67.